The van der Waals surface area contributed by atoms with Crippen LogP contribution in [0.15, 0.2) is 36.7 Å². The van der Waals surface area contributed by atoms with E-state index in [0.717, 1.165) is 89.7 Å². The summed E-state index contributed by atoms with van der Waals surface area (Å²) in [5, 5.41) is 28.5. The van der Waals surface area contributed by atoms with Crippen LogP contribution in [0, 0.1) is 0 Å². The summed E-state index contributed by atoms with van der Waals surface area (Å²) in [6.45, 7) is 7.70. The molecule has 21 heteroatoms. The number of piperidine rings is 2. The fraction of sp³-hybridized carbons (Fsp3) is 0.531. The van der Waals surface area contributed by atoms with Crippen molar-refractivity contribution < 1.29 is 60.4 Å². The van der Waals surface area contributed by atoms with Crippen molar-refractivity contribution in [2.75, 3.05) is 75.1 Å². The summed E-state index contributed by atoms with van der Waals surface area (Å²) in [4.78, 5) is 40.8. The van der Waals surface area contributed by atoms with Gasteiger partial charge in [0.15, 0.2) is 5.65 Å². The SMILES string of the molecule is COc1cc(N2CCC(N3CCOCC3)CC2)ccc1NC(=O)c1cnn2ccc(N[C@@H]3CCCNC3)nc12.O=C(O)C(F)(F)F.O=C(O)C(F)(F)F. The van der Waals surface area contributed by atoms with E-state index in [1.807, 2.05) is 24.4 Å². The molecule has 0 saturated carbocycles. The number of halogens is 6. The number of carbonyl (C=O) groups excluding carboxylic acids is 1. The number of fused-ring (bicyclic) bond motifs is 1. The number of hydrogen-bond donors (Lipinski definition) is 5. The average molecular weight is 763 g/mol. The van der Waals surface area contributed by atoms with Crippen LogP contribution in [0.1, 0.15) is 36.0 Å². The highest BCUT2D eigenvalue weighted by Gasteiger charge is 2.39. The summed E-state index contributed by atoms with van der Waals surface area (Å²) < 4.78 is 76.3. The second-order valence-corrected chi connectivity index (χ2v) is 12.1. The van der Waals surface area contributed by atoms with Crippen LogP contribution in [0.2, 0.25) is 0 Å². The number of hydrogen-bond acceptors (Lipinski definition) is 11. The van der Waals surface area contributed by atoms with Gasteiger partial charge in [0.25, 0.3) is 5.91 Å². The Morgan fingerprint density at radius 3 is 2.17 bits per heavy atom. The maximum absolute atomic E-state index is 13.3. The second kappa shape index (κ2) is 18.2. The molecular weight excluding hydrogens is 722 g/mol. The van der Waals surface area contributed by atoms with Crippen LogP contribution in [0.4, 0.5) is 43.5 Å². The summed E-state index contributed by atoms with van der Waals surface area (Å²) in [5.41, 5.74) is 2.66. The van der Waals surface area contributed by atoms with Crippen molar-refractivity contribution in [3.63, 3.8) is 0 Å². The van der Waals surface area contributed by atoms with E-state index in [4.69, 9.17) is 34.3 Å². The minimum Gasteiger partial charge on any atom is -0.494 e. The molecule has 2 aromatic heterocycles. The number of carbonyl (C=O) groups is 3. The molecule has 5 N–H and O–H groups in total. The number of carboxylic acid groups (broad SMARTS) is 2. The number of anilines is 3. The van der Waals surface area contributed by atoms with Gasteiger partial charge < -0.3 is 40.5 Å². The molecule has 6 rings (SSSR count). The lowest BCUT2D eigenvalue weighted by Crippen LogP contribution is -2.49. The number of carboxylic acids is 2. The van der Waals surface area contributed by atoms with Gasteiger partial charge in [0.2, 0.25) is 0 Å². The summed E-state index contributed by atoms with van der Waals surface area (Å²) >= 11 is 0. The first-order chi connectivity index (χ1) is 25.1. The Bertz CT molecular complexity index is 1660. The Kier molecular flexibility index (Phi) is 14.1. The van der Waals surface area contributed by atoms with Crippen LogP contribution in [-0.4, -0.2) is 132 Å². The van der Waals surface area contributed by atoms with Crippen molar-refractivity contribution in [2.45, 2.75) is 50.1 Å². The molecule has 0 aliphatic carbocycles. The molecule has 0 spiro atoms. The molecule has 1 aromatic carbocycles. The zero-order chi connectivity index (χ0) is 38.8. The van der Waals surface area contributed by atoms with Gasteiger partial charge in [-0.15, -0.1) is 0 Å². The van der Waals surface area contributed by atoms with Gasteiger partial charge in [-0.1, -0.05) is 0 Å². The van der Waals surface area contributed by atoms with Crippen molar-refractivity contribution in [1.29, 1.82) is 0 Å². The number of methoxy groups -OCH3 is 1. The lowest BCUT2D eigenvalue weighted by molar-refractivity contribution is -0.193. The highest BCUT2D eigenvalue weighted by Crippen LogP contribution is 2.32. The highest BCUT2D eigenvalue weighted by atomic mass is 19.4. The molecule has 292 valence electrons. The third kappa shape index (κ3) is 11.8. The molecule has 3 saturated heterocycles. The number of alkyl halides is 6. The molecule has 1 amide bonds. The fourth-order valence-electron chi connectivity index (χ4n) is 5.89. The minimum absolute atomic E-state index is 0.272. The van der Waals surface area contributed by atoms with E-state index in [2.05, 4.69) is 36.9 Å². The van der Waals surface area contributed by atoms with Crippen LogP contribution in [0.5, 0.6) is 5.75 Å². The van der Waals surface area contributed by atoms with Gasteiger partial charge in [-0.25, -0.2) is 19.1 Å². The van der Waals surface area contributed by atoms with Crippen molar-refractivity contribution in [1.82, 2.24) is 24.8 Å². The maximum Gasteiger partial charge on any atom is 0.490 e. The quantitative estimate of drug-likeness (QED) is 0.220. The molecule has 3 aromatic rings. The number of morpholine rings is 1. The number of amides is 1. The molecule has 3 aliphatic heterocycles. The zero-order valence-corrected chi connectivity index (χ0v) is 28.5. The number of ether oxygens (including phenoxy) is 2. The fourth-order valence-corrected chi connectivity index (χ4v) is 5.89. The van der Waals surface area contributed by atoms with E-state index in [0.29, 0.717) is 34.7 Å². The van der Waals surface area contributed by atoms with E-state index < -0.39 is 24.3 Å². The molecular formula is C32H40F6N8O7. The van der Waals surface area contributed by atoms with Crippen LogP contribution in [-0.2, 0) is 14.3 Å². The van der Waals surface area contributed by atoms with Gasteiger partial charge in [-0.2, -0.15) is 31.4 Å². The van der Waals surface area contributed by atoms with Crippen LogP contribution in [0.25, 0.3) is 5.65 Å². The van der Waals surface area contributed by atoms with Gasteiger partial charge in [-0.3, -0.25) is 9.69 Å². The summed E-state index contributed by atoms with van der Waals surface area (Å²) in [6, 6.07) is 8.83. The van der Waals surface area contributed by atoms with Gasteiger partial charge in [0.1, 0.15) is 17.1 Å². The van der Waals surface area contributed by atoms with E-state index in [9.17, 15) is 31.1 Å². The number of nitrogens with zero attached hydrogens (tertiary/aromatic N) is 5. The molecule has 5 heterocycles. The van der Waals surface area contributed by atoms with Crippen molar-refractivity contribution in [3.8, 4) is 5.75 Å². The molecule has 3 aliphatic rings. The zero-order valence-electron chi connectivity index (χ0n) is 28.5. The minimum atomic E-state index is -5.08. The maximum atomic E-state index is 13.3. The lowest BCUT2D eigenvalue weighted by atomic mass is 10.0. The number of benzene rings is 1. The van der Waals surface area contributed by atoms with Gasteiger partial charge in [-0.05, 0) is 50.4 Å². The molecule has 0 radical (unpaired) electrons. The third-order valence-corrected chi connectivity index (χ3v) is 8.57. The smallest absolute Gasteiger partial charge is 0.490 e. The van der Waals surface area contributed by atoms with Crippen molar-refractivity contribution in [2.24, 2.45) is 0 Å². The first kappa shape index (κ1) is 40.9. The predicted octanol–water partition coefficient (Wildman–Crippen LogP) is 3.72. The van der Waals surface area contributed by atoms with E-state index >= 15 is 0 Å². The molecule has 0 bridgehead atoms. The highest BCUT2D eigenvalue weighted by molar-refractivity contribution is 6.09. The molecule has 3 fully saturated rings. The average Bonchev–Trinajstić information content (AvgIpc) is 3.56. The van der Waals surface area contributed by atoms with Gasteiger partial charge >= 0.3 is 24.3 Å². The van der Waals surface area contributed by atoms with Crippen molar-refractivity contribution >= 4 is 40.7 Å². The topological polar surface area (TPSA) is 183 Å². The number of aliphatic carboxylic acids is 2. The Morgan fingerprint density at radius 2 is 1.60 bits per heavy atom. The van der Waals surface area contributed by atoms with Crippen LogP contribution >= 0.6 is 0 Å². The Balaban J connectivity index is 0.000000381. The molecule has 0 unspecified atom stereocenters. The van der Waals surface area contributed by atoms with Gasteiger partial charge in [0, 0.05) is 62.8 Å². The normalized spacial score (nSPS) is 18.5. The van der Waals surface area contributed by atoms with E-state index in [1.54, 1.807) is 17.8 Å². The standard InChI is InChI=1S/C28H38N8O3.2C2HF3O2/c1-38-25-17-22(34-10-6-21(7-11-34)35-13-15-39-16-14-35)4-5-24(25)32-28(37)23-19-30-36-12-8-26(33-27(23)36)31-20-3-2-9-29-18-20;2*3-2(4,5)1(6)7/h4-5,8,12,17,19-21,29H,2-3,6-7,9-11,13-16,18H2,1H3,(H,31,33)(H,32,37);2*(H,6,7)/t20-;;/m1../s1. The third-order valence-electron chi connectivity index (χ3n) is 8.57. The van der Waals surface area contributed by atoms with E-state index in [1.165, 1.54) is 0 Å². The number of aromatic nitrogens is 3. The molecule has 1 atom stereocenters. The van der Waals surface area contributed by atoms with Gasteiger partial charge in [0.05, 0.1) is 32.2 Å². The van der Waals surface area contributed by atoms with Crippen molar-refractivity contribution in [3.05, 3.63) is 42.2 Å². The van der Waals surface area contributed by atoms with Crippen LogP contribution < -0.4 is 25.6 Å². The van der Waals surface area contributed by atoms with Crippen LogP contribution in [0.3, 0.4) is 0 Å². The Morgan fingerprint density at radius 1 is 0.962 bits per heavy atom. The van der Waals surface area contributed by atoms with E-state index in [-0.39, 0.29) is 5.91 Å². The summed E-state index contributed by atoms with van der Waals surface area (Å²) in [7, 11) is 1.63. The summed E-state index contributed by atoms with van der Waals surface area (Å²) in [5.74, 6) is -4.41. The number of rotatable bonds is 7. The molecule has 53 heavy (non-hydrogen) atoms. The second-order valence-electron chi connectivity index (χ2n) is 12.1. The largest absolute Gasteiger partial charge is 0.494 e. The first-order valence-electron chi connectivity index (χ1n) is 16.5. The summed E-state index contributed by atoms with van der Waals surface area (Å²) in [6.07, 6.45) is -2.28. The first-order valence-corrected chi connectivity index (χ1v) is 16.5. The lowest BCUT2D eigenvalue weighted by Gasteiger charge is -2.40. The monoisotopic (exact) mass is 762 g/mol. The Labute approximate surface area is 299 Å². The predicted molar refractivity (Wildman–Crippen MR) is 178 cm³/mol. The Hall–Kier alpha value is -4.89. The molecule has 15 nitrogen and oxygen atoms in total. The number of nitrogens with one attached hydrogen (secondary N) is 3.